The Morgan fingerprint density at radius 3 is 2.45 bits per heavy atom. The van der Waals surface area contributed by atoms with E-state index in [1.54, 1.807) is 14.2 Å². The highest BCUT2D eigenvalue weighted by molar-refractivity contribution is 5.81. The number of nitrogens with zero attached hydrogens (tertiary/aromatic N) is 2. The number of rotatable bonds is 5. The number of benzene rings is 2. The molecule has 2 aromatic carbocycles. The monoisotopic (exact) mass is 297 g/mol. The molecule has 5 nitrogen and oxygen atoms in total. The summed E-state index contributed by atoms with van der Waals surface area (Å²) in [6.45, 7) is 0.694. The maximum atomic E-state index is 5.29. The van der Waals surface area contributed by atoms with E-state index in [1.165, 1.54) is 0 Å². The van der Waals surface area contributed by atoms with Crippen LogP contribution in [0, 0.1) is 0 Å². The van der Waals surface area contributed by atoms with Crippen molar-refractivity contribution in [3.8, 4) is 11.5 Å². The van der Waals surface area contributed by atoms with E-state index in [2.05, 4.69) is 16.5 Å². The van der Waals surface area contributed by atoms with Gasteiger partial charge in [-0.25, -0.2) is 0 Å². The summed E-state index contributed by atoms with van der Waals surface area (Å²) in [5.41, 5.74) is 3.15. The third-order valence-corrected chi connectivity index (χ3v) is 3.53. The lowest BCUT2D eigenvalue weighted by molar-refractivity contribution is 0.393. The van der Waals surface area contributed by atoms with E-state index in [-0.39, 0.29) is 0 Å². The van der Waals surface area contributed by atoms with Crippen LogP contribution < -0.4 is 14.8 Å². The lowest BCUT2D eigenvalue weighted by Crippen LogP contribution is -2.00. The van der Waals surface area contributed by atoms with Crippen molar-refractivity contribution < 1.29 is 9.47 Å². The number of hydrogen-bond donors (Lipinski definition) is 1. The van der Waals surface area contributed by atoms with Gasteiger partial charge in [0.05, 0.1) is 19.7 Å². The lowest BCUT2D eigenvalue weighted by atomic mass is 10.2. The second kappa shape index (κ2) is 5.97. The molecule has 0 radical (unpaired) electrons. The molecule has 5 heteroatoms. The first-order chi connectivity index (χ1) is 10.7. The second-order valence-electron chi connectivity index (χ2n) is 5.15. The van der Waals surface area contributed by atoms with Gasteiger partial charge in [-0.05, 0) is 35.9 Å². The maximum absolute atomic E-state index is 5.29. The summed E-state index contributed by atoms with van der Waals surface area (Å²) in [4.78, 5) is 0. The highest BCUT2D eigenvalue weighted by atomic mass is 16.5. The van der Waals surface area contributed by atoms with Crippen LogP contribution in [0.2, 0.25) is 0 Å². The molecule has 3 rings (SSSR count). The van der Waals surface area contributed by atoms with Crippen LogP contribution in [0.15, 0.2) is 42.6 Å². The third-order valence-electron chi connectivity index (χ3n) is 3.53. The number of ether oxygens (including phenoxy) is 2. The Hall–Kier alpha value is -2.69. The first kappa shape index (κ1) is 14.3. The Bertz CT molecular complexity index is 773. The molecule has 0 spiro atoms. The molecule has 0 aliphatic heterocycles. The van der Waals surface area contributed by atoms with E-state index >= 15 is 0 Å². The SMILES string of the molecule is COc1cc(CNc2ccc3nn(C)cc3c2)cc(OC)c1. The van der Waals surface area contributed by atoms with E-state index in [1.807, 2.05) is 48.3 Å². The van der Waals surface area contributed by atoms with Gasteiger partial charge in [0.2, 0.25) is 0 Å². The molecule has 0 saturated heterocycles. The minimum atomic E-state index is 0.694. The van der Waals surface area contributed by atoms with Crippen molar-refractivity contribution in [2.45, 2.75) is 6.54 Å². The summed E-state index contributed by atoms with van der Waals surface area (Å²) in [7, 11) is 5.24. The molecule has 0 aliphatic rings. The first-order valence-corrected chi connectivity index (χ1v) is 7.07. The molecule has 3 aromatic rings. The van der Waals surface area contributed by atoms with Gasteiger partial charge in [-0.3, -0.25) is 4.68 Å². The van der Waals surface area contributed by atoms with E-state index < -0.39 is 0 Å². The van der Waals surface area contributed by atoms with Gasteiger partial charge in [0, 0.05) is 36.9 Å². The fourth-order valence-electron chi connectivity index (χ4n) is 2.43. The minimum Gasteiger partial charge on any atom is -0.497 e. The van der Waals surface area contributed by atoms with Crippen LogP contribution in [-0.4, -0.2) is 24.0 Å². The van der Waals surface area contributed by atoms with Crippen molar-refractivity contribution in [3.05, 3.63) is 48.2 Å². The van der Waals surface area contributed by atoms with Gasteiger partial charge >= 0.3 is 0 Å². The lowest BCUT2D eigenvalue weighted by Gasteiger charge is -2.10. The van der Waals surface area contributed by atoms with Crippen molar-refractivity contribution >= 4 is 16.6 Å². The Morgan fingerprint density at radius 2 is 1.77 bits per heavy atom. The van der Waals surface area contributed by atoms with Crippen LogP contribution in [0.1, 0.15) is 5.56 Å². The van der Waals surface area contributed by atoms with Crippen molar-refractivity contribution in [1.82, 2.24) is 9.78 Å². The Kier molecular flexibility index (Phi) is 3.87. The van der Waals surface area contributed by atoms with Crippen LogP contribution in [-0.2, 0) is 13.6 Å². The predicted molar refractivity (Wildman–Crippen MR) is 87.6 cm³/mol. The molecule has 0 aliphatic carbocycles. The van der Waals surface area contributed by atoms with Crippen LogP contribution in [0.3, 0.4) is 0 Å². The number of anilines is 1. The predicted octanol–water partition coefficient (Wildman–Crippen LogP) is 3.20. The molecule has 114 valence electrons. The molecule has 22 heavy (non-hydrogen) atoms. The molecule has 0 atom stereocenters. The molecule has 1 aromatic heterocycles. The zero-order valence-corrected chi connectivity index (χ0v) is 13.0. The highest BCUT2D eigenvalue weighted by Crippen LogP contribution is 2.24. The van der Waals surface area contributed by atoms with Gasteiger partial charge in [-0.2, -0.15) is 5.10 Å². The number of aromatic nitrogens is 2. The largest absolute Gasteiger partial charge is 0.497 e. The molecular weight excluding hydrogens is 278 g/mol. The molecule has 0 bridgehead atoms. The number of nitrogens with one attached hydrogen (secondary N) is 1. The summed E-state index contributed by atoms with van der Waals surface area (Å²) in [5, 5.41) is 8.91. The van der Waals surface area contributed by atoms with Crippen LogP contribution >= 0.6 is 0 Å². The summed E-state index contributed by atoms with van der Waals surface area (Å²) in [6.07, 6.45) is 2.01. The van der Waals surface area contributed by atoms with E-state index in [4.69, 9.17) is 9.47 Å². The fraction of sp³-hybridized carbons (Fsp3) is 0.235. The summed E-state index contributed by atoms with van der Waals surface area (Å²) < 4.78 is 12.4. The van der Waals surface area contributed by atoms with Gasteiger partial charge in [-0.1, -0.05) is 0 Å². The molecule has 0 unspecified atom stereocenters. The van der Waals surface area contributed by atoms with Gasteiger partial charge in [0.25, 0.3) is 0 Å². The van der Waals surface area contributed by atoms with Crippen LogP contribution in [0.5, 0.6) is 11.5 Å². The van der Waals surface area contributed by atoms with Crippen molar-refractivity contribution in [2.75, 3.05) is 19.5 Å². The Labute approximate surface area is 129 Å². The highest BCUT2D eigenvalue weighted by Gasteiger charge is 2.03. The first-order valence-electron chi connectivity index (χ1n) is 7.07. The number of methoxy groups -OCH3 is 2. The van der Waals surface area contributed by atoms with Gasteiger partial charge in [-0.15, -0.1) is 0 Å². The molecule has 0 amide bonds. The van der Waals surface area contributed by atoms with Gasteiger partial charge in [0.15, 0.2) is 0 Å². The summed E-state index contributed by atoms with van der Waals surface area (Å²) >= 11 is 0. The minimum absolute atomic E-state index is 0.694. The molecule has 0 saturated carbocycles. The number of hydrogen-bond acceptors (Lipinski definition) is 4. The maximum Gasteiger partial charge on any atom is 0.122 e. The normalized spacial score (nSPS) is 10.7. The molecule has 1 heterocycles. The molecule has 0 fully saturated rings. The quantitative estimate of drug-likeness (QED) is 0.785. The van der Waals surface area contributed by atoms with Crippen molar-refractivity contribution in [3.63, 3.8) is 0 Å². The molecule has 1 N–H and O–H groups in total. The zero-order valence-electron chi connectivity index (χ0n) is 13.0. The second-order valence-corrected chi connectivity index (χ2v) is 5.15. The number of fused-ring (bicyclic) bond motifs is 1. The van der Waals surface area contributed by atoms with Crippen molar-refractivity contribution in [2.24, 2.45) is 7.05 Å². The van der Waals surface area contributed by atoms with Gasteiger partial charge < -0.3 is 14.8 Å². The third kappa shape index (κ3) is 2.98. The van der Waals surface area contributed by atoms with Crippen molar-refractivity contribution in [1.29, 1.82) is 0 Å². The molecular formula is C17H19N3O2. The fourth-order valence-corrected chi connectivity index (χ4v) is 2.43. The van der Waals surface area contributed by atoms with Crippen LogP contribution in [0.4, 0.5) is 5.69 Å². The summed E-state index contributed by atoms with van der Waals surface area (Å²) in [5.74, 6) is 1.58. The van der Waals surface area contributed by atoms with E-state index in [9.17, 15) is 0 Å². The van der Waals surface area contributed by atoms with Crippen LogP contribution in [0.25, 0.3) is 10.9 Å². The standard InChI is InChI=1S/C17H19N3O2/c1-20-11-13-8-14(4-5-17(13)19-20)18-10-12-6-15(21-2)9-16(7-12)22-3/h4-9,11,18H,10H2,1-3H3. The average molecular weight is 297 g/mol. The van der Waals surface area contributed by atoms with Gasteiger partial charge in [0.1, 0.15) is 11.5 Å². The smallest absolute Gasteiger partial charge is 0.122 e. The average Bonchev–Trinajstić information content (AvgIpc) is 2.91. The van der Waals surface area contributed by atoms with E-state index in [0.717, 1.165) is 33.7 Å². The summed E-state index contributed by atoms with van der Waals surface area (Å²) in [6, 6.07) is 12.0. The number of aryl methyl sites for hydroxylation is 1. The van der Waals surface area contributed by atoms with E-state index in [0.29, 0.717) is 6.54 Å². The topological polar surface area (TPSA) is 48.3 Å². The Balaban J connectivity index is 1.78. The Morgan fingerprint density at radius 1 is 1.05 bits per heavy atom. The zero-order chi connectivity index (χ0) is 15.5.